The smallest absolute Gasteiger partial charge is 0.173 e. The van der Waals surface area contributed by atoms with Crippen molar-refractivity contribution in [3.8, 4) is 5.69 Å². The van der Waals surface area contributed by atoms with Crippen LogP contribution < -0.4 is 5.32 Å². The molecule has 1 aliphatic rings. The van der Waals surface area contributed by atoms with E-state index in [4.69, 9.17) is 0 Å². The molecular formula is C27H32N6. The number of nitrogens with one attached hydrogen (secondary N) is 2. The van der Waals surface area contributed by atoms with Crippen molar-refractivity contribution in [3.05, 3.63) is 82.8 Å². The molecule has 0 spiro atoms. The minimum atomic E-state index is 0.0928. The number of aromatic nitrogens is 5. The molecule has 170 valence electrons. The maximum Gasteiger partial charge on any atom is 0.173 e. The van der Waals surface area contributed by atoms with Crippen LogP contribution >= 0.6 is 0 Å². The van der Waals surface area contributed by atoms with Gasteiger partial charge in [-0.3, -0.25) is 0 Å². The Morgan fingerprint density at radius 3 is 2.73 bits per heavy atom. The maximum atomic E-state index is 4.55. The topological polar surface area (TPSA) is 71.4 Å². The molecule has 0 saturated carbocycles. The normalized spacial score (nSPS) is 17.0. The second-order valence-corrected chi connectivity index (χ2v) is 9.28. The van der Waals surface area contributed by atoms with Crippen molar-refractivity contribution in [2.45, 2.75) is 52.5 Å². The Bertz CT molecular complexity index is 1260. The van der Waals surface area contributed by atoms with Crippen molar-refractivity contribution in [2.75, 3.05) is 6.54 Å². The number of benzene rings is 2. The fourth-order valence-corrected chi connectivity index (χ4v) is 5.34. The third kappa shape index (κ3) is 4.35. The summed E-state index contributed by atoms with van der Waals surface area (Å²) in [5.74, 6) is 1.37. The Balaban J connectivity index is 1.43. The van der Waals surface area contributed by atoms with Crippen molar-refractivity contribution >= 4 is 10.9 Å². The Morgan fingerprint density at radius 1 is 1.12 bits per heavy atom. The number of hydrogen-bond acceptors (Lipinski definition) is 4. The number of fused-ring (bicyclic) bond motifs is 1. The summed E-state index contributed by atoms with van der Waals surface area (Å²) in [4.78, 5) is 3.39. The Labute approximate surface area is 195 Å². The number of hydrogen-bond donors (Lipinski definition) is 2. The minimum Gasteiger partial charge on any atom is -0.361 e. The van der Waals surface area contributed by atoms with Gasteiger partial charge in [-0.15, -0.1) is 5.10 Å². The highest BCUT2D eigenvalue weighted by Gasteiger charge is 2.29. The molecule has 6 nitrogen and oxygen atoms in total. The van der Waals surface area contributed by atoms with Crippen LogP contribution in [-0.2, 0) is 6.42 Å². The predicted molar refractivity (Wildman–Crippen MR) is 133 cm³/mol. The van der Waals surface area contributed by atoms with E-state index in [1.807, 2.05) is 4.68 Å². The molecule has 2 heterocycles. The summed E-state index contributed by atoms with van der Waals surface area (Å²) >= 11 is 0. The van der Waals surface area contributed by atoms with Crippen molar-refractivity contribution in [1.29, 1.82) is 0 Å². The average Bonchev–Trinajstić information content (AvgIpc) is 3.44. The lowest BCUT2D eigenvalue weighted by Gasteiger charge is -2.28. The summed E-state index contributed by atoms with van der Waals surface area (Å²) in [5, 5.41) is 18.3. The second kappa shape index (κ2) is 9.32. The number of H-pyrrole nitrogens is 1. The highest BCUT2D eigenvalue weighted by atomic mass is 15.5. The first-order valence-electron chi connectivity index (χ1n) is 11.9. The molecule has 6 heteroatoms. The van der Waals surface area contributed by atoms with Gasteiger partial charge in [0.05, 0.1) is 11.7 Å². The number of aromatic amines is 1. The van der Waals surface area contributed by atoms with Gasteiger partial charge < -0.3 is 10.3 Å². The number of allylic oxidation sites excluding steroid dienone is 2. The number of rotatable bonds is 7. The van der Waals surface area contributed by atoms with Crippen LogP contribution in [0.3, 0.4) is 0 Å². The van der Waals surface area contributed by atoms with E-state index in [1.54, 1.807) is 0 Å². The van der Waals surface area contributed by atoms with E-state index >= 15 is 0 Å². The zero-order chi connectivity index (χ0) is 22.8. The molecule has 0 saturated heterocycles. The van der Waals surface area contributed by atoms with E-state index < -0.39 is 0 Å². The monoisotopic (exact) mass is 440 g/mol. The van der Waals surface area contributed by atoms with Crippen LogP contribution in [0.1, 0.15) is 53.4 Å². The maximum absolute atomic E-state index is 4.55. The molecule has 33 heavy (non-hydrogen) atoms. The van der Waals surface area contributed by atoms with Gasteiger partial charge in [-0.05, 0) is 92.1 Å². The molecule has 4 aromatic rings. The van der Waals surface area contributed by atoms with Gasteiger partial charge in [0.2, 0.25) is 0 Å². The summed E-state index contributed by atoms with van der Waals surface area (Å²) in [6.07, 6.45) is 11.0. The molecule has 0 bridgehead atoms. The zero-order valence-electron chi connectivity index (χ0n) is 19.7. The first-order chi connectivity index (χ1) is 16.1. The summed E-state index contributed by atoms with van der Waals surface area (Å²) in [7, 11) is 0. The first kappa shape index (κ1) is 21.6. The molecule has 0 fully saturated rings. The van der Waals surface area contributed by atoms with Crippen molar-refractivity contribution in [2.24, 2.45) is 5.92 Å². The summed E-state index contributed by atoms with van der Waals surface area (Å²) < 4.78 is 1.96. The van der Waals surface area contributed by atoms with Gasteiger partial charge in [-0.2, -0.15) is 4.68 Å². The van der Waals surface area contributed by atoms with Gasteiger partial charge in [0.1, 0.15) is 0 Å². The molecule has 0 aliphatic heterocycles. The molecule has 2 aromatic heterocycles. The van der Waals surface area contributed by atoms with E-state index in [9.17, 15) is 0 Å². The highest BCUT2D eigenvalue weighted by Crippen LogP contribution is 2.32. The van der Waals surface area contributed by atoms with Crippen molar-refractivity contribution < 1.29 is 0 Å². The molecule has 0 unspecified atom stereocenters. The lowest BCUT2D eigenvalue weighted by molar-refractivity contribution is 0.321. The largest absolute Gasteiger partial charge is 0.361 e. The molecule has 0 amide bonds. The van der Waals surface area contributed by atoms with Crippen molar-refractivity contribution in [1.82, 2.24) is 30.5 Å². The van der Waals surface area contributed by atoms with Gasteiger partial charge in [-0.25, -0.2) is 0 Å². The van der Waals surface area contributed by atoms with Gasteiger partial charge in [-0.1, -0.05) is 48.0 Å². The third-order valence-corrected chi connectivity index (χ3v) is 6.83. The van der Waals surface area contributed by atoms with Gasteiger partial charge in [0.25, 0.3) is 0 Å². The fraction of sp³-hybridized carbons (Fsp3) is 0.370. The minimum absolute atomic E-state index is 0.0928. The first-order valence-corrected chi connectivity index (χ1v) is 11.9. The molecular weight excluding hydrogens is 408 g/mol. The molecule has 2 atom stereocenters. The number of para-hydroxylation sites is 1. The molecule has 1 aliphatic carbocycles. The van der Waals surface area contributed by atoms with E-state index in [0.29, 0.717) is 5.92 Å². The standard InChI is InChI=1S/C27H32N6/c1-18-15-19(2)26(20(3)16-18)33-27(30-31-32-33)25(21-9-5-4-6-10-21)28-14-13-22-17-29-24-12-8-7-11-23(22)24/h4-5,7-8,11-12,15-17,21,25,28-29H,6,9-10,13-14H2,1-3H3/t21-,25-/m1/s1. The molecule has 2 N–H and O–H groups in total. The predicted octanol–water partition coefficient (Wildman–Crippen LogP) is 5.30. The van der Waals surface area contributed by atoms with E-state index in [-0.39, 0.29) is 6.04 Å². The van der Waals surface area contributed by atoms with Gasteiger partial charge >= 0.3 is 0 Å². The van der Waals surface area contributed by atoms with Gasteiger partial charge in [0.15, 0.2) is 5.82 Å². The number of tetrazole rings is 1. The number of nitrogens with zero attached hydrogens (tertiary/aromatic N) is 4. The number of aryl methyl sites for hydroxylation is 3. The molecule has 5 rings (SSSR count). The summed E-state index contributed by atoms with van der Waals surface area (Å²) in [6.45, 7) is 7.28. The van der Waals surface area contributed by atoms with Crippen LogP contribution in [0.4, 0.5) is 0 Å². The van der Waals surface area contributed by atoms with Gasteiger partial charge in [0, 0.05) is 17.1 Å². The van der Waals surface area contributed by atoms with E-state index in [2.05, 4.69) is 101 Å². The van der Waals surface area contributed by atoms with Crippen molar-refractivity contribution in [3.63, 3.8) is 0 Å². The summed E-state index contributed by atoms with van der Waals surface area (Å²) in [6, 6.07) is 13.0. The SMILES string of the molecule is Cc1cc(C)c(-n2nnnc2[C@H](NCCc2c[nH]c3ccccc23)[C@@H]2CC=CCC2)c(C)c1. The van der Waals surface area contributed by atoms with E-state index in [1.165, 1.54) is 33.2 Å². The Kier molecular flexibility index (Phi) is 6.09. The quantitative estimate of drug-likeness (QED) is 0.383. The lowest BCUT2D eigenvalue weighted by atomic mass is 9.87. The van der Waals surface area contributed by atoms with E-state index in [0.717, 1.165) is 43.7 Å². The third-order valence-electron chi connectivity index (χ3n) is 6.83. The molecule has 0 radical (unpaired) electrons. The zero-order valence-corrected chi connectivity index (χ0v) is 19.7. The van der Waals surface area contributed by atoms with Crippen LogP contribution in [-0.4, -0.2) is 31.7 Å². The lowest BCUT2D eigenvalue weighted by Crippen LogP contribution is -2.33. The highest BCUT2D eigenvalue weighted by molar-refractivity contribution is 5.83. The van der Waals surface area contributed by atoms with Crippen LogP contribution in [0.15, 0.2) is 54.7 Å². The second-order valence-electron chi connectivity index (χ2n) is 9.28. The fourth-order valence-electron chi connectivity index (χ4n) is 5.34. The average molecular weight is 441 g/mol. The van der Waals surface area contributed by atoms with Crippen LogP contribution in [0.5, 0.6) is 0 Å². The Hall–Kier alpha value is -3.25. The summed E-state index contributed by atoms with van der Waals surface area (Å²) in [5.41, 5.74) is 7.27. The van der Waals surface area contributed by atoms with Crippen LogP contribution in [0.25, 0.3) is 16.6 Å². The van der Waals surface area contributed by atoms with Crippen LogP contribution in [0.2, 0.25) is 0 Å². The molecule has 2 aromatic carbocycles. The van der Waals surface area contributed by atoms with Crippen LogP contribution in [0, 0.1) is 26.7 Å². The Morgan fingerprint density at radius 2 is 1.94 bits per heavy atom.